The van der Waals surface area contributed by atoms with Crippen LogP contribution >= 0.6 is 0 Å². The van der Waals surface area contributed by atoms with Crippen LogP contribution in [-0.2, 0) is 4.74 Å². The summed E-state index contributed by atoms with van der Waals surface area (Å²) in [7, 11) is 1.58. The molecule has 16 heavy (non-hydrogen) atoms. The van der Waals surface area contributed by atoms with Crippen LogP contribution in [0.1, 0.15) is 18.7 Å². The number of rotatable bonds is 3. The monoisotopic (exact) mass is 223 g/mol. The van der Waals surface area contributed by atoms with Crippen molar-refractivity contribution in [3.63, 3.8) is 0 Å². The molecule has 4 heteroatoms. The van der Waals surface area contributed by atoms with Gasteiger partial charge >= 0.3 is 0 Å². The zero-order valence-electron chi connectivity index (χ0n) is 9.24. The second-order valence-corrected chi connectivity index (χ2v) is 3.77. The lowest BCUT2D eigenvalue weighted by atomic mass is 10.1. The van der Waals surface area contributed by atoms with Crippen molar-refractivity contribution in [3.05, 3.63) is 35.8 Å². The summed E-state index contributed by atoms with van der Waals surface area (Å²) in [6, 6.07) is 6.15. The van der Waals surface area contributed by atoms with Crippen molar-refractivity contribution in [1.82, 2.24) is 0 Å². The standard InChI is InChI=1S/C12H14FNO2/c1-7(15-2)11(14)10-6-8-4-3-5-9(13)12(8)16-10/h3-7,11H,14H2,1-2H3. The van der Waals surface area contributed by atoms with E-state index in [1.807, 2.05) is 6.92 Å². The average molecular weight is 223 g/mol. The topological polar surface area (TPSA) is 48.4 Å². The first-order chi connectivity index (χ1) is 7.63. The Hall–Kier alpha value is -1.39. The third kappa shape index (κ3) is 1.81. The highest BCUT2D eigenvalue weighted by molar-refractivity contribution is 5.78. The van der Waals surface area contributed by atoms with Crippen molar-refractivity contribution in [2.45, 2.75) is 19.1 Å². The predicted octanol–water partition coefficient (Wildman–Crippen LogP) is 2.61. The van der Waals surface area contributed by atoms with Gasteiger partial charge in [0, 0.05) is 12.5 Å². The number of methoxy groups -OCH3 is 1. The first kappa shape index (κ1) is 11.1. The molecule has 0 fully saturated rings. The van der Waals surface area contributed by atoms with Gasteiger partial charge in [-0.15, -0.1) is 0 Å². The van der Waals surface area contributed by atoms with E-state index in [1.165, 1.54) is 6.07 Å². The normalized spacial score (nSPS) is 15.2. The molecule has 2 rings (SSSR count). The SMILES string of the molecule is COC(C)C(N)c1cc2cccc(F)c2o1. The molecule has 1 aromatic carbocycles. The maximum atomic E-state index is 13.4. The quantitative estimate of drug-likeness (QED) is 0.870. The van der Waals surface area contributed by atoms with E-state index in [4.69, 9.17) is 14.9 Å². The first-order valence-electron chi connectivity index (χ1n) is 5.10. The molecule has 0 aliphatic heterocycles. The summed E-state index contributed by atoms with van der Waals surface area (Å²) >= 11 is 0. The highest BCUT2D eigenvalue weighted by Crippen LogP contribution is 2.26. The molecule has 2 atom stereocenters. The fourth-order valence-electron chi connectivity index (χ4n) is 1.59. The lowest BCUT2D eigenvalue weighted by Gasteiger charge is -2.15. The van der Waals surface area contributed by atoms with Crippen LogP contribution in [-0.4, -0.2) is 13.2 Å². The number of hydrogen-bond donors (Lipinski definition) is 1. The fourth-order valence-corrected chi connectivity index (χ4v) is 1.59. The summed E-state index contributed by atoms with van der Waals surface area (Å²) in [5.74, 6) is 0.162. The van der Waals surface area contributed by atoms with Crippen molar-refractivity contribution in [1.29, 1.82) is 0 Å². The molecule has 0 saturated heterocycles. The molecule has 0 spiro atoms. The van der Waals surface area contributed by atoms with Gasteiger partial charge in [0.05, 0.1) is 12.1 Å². The van der Waals surface area contributed by atoms with Crippen LogP contribution < -0.4 is 5.73 Å². The van der Waals surface area contributed by atoms with Gasteiger partial charge in [-0.05, 0) is 19.1 Å². The van der Waals surface area contributed by atoms with E-state index in [0.29, 0.717) is 11.1 Å². The van der Waals surface area contributed by atoms with Crippen LogP contribution in [0.5, 0.6) is 0 Å². The molecule has 0 radical (unpaired) electrons. The molecule has 0 amide bonds. The van der Waals surface area contributed by atoms with Crippen LogP contribution in [0.25, 0.3) is 11.0 Å². The highest BCUT2D eigenvalue weighted by atomic mass is 19.1. The maximum Gasteiger partial charge on any atom is 0.169 e. The predicted molar refractivity (Wildman–Crippen MR) is 59.6 cm³/mol. The lowest BCUT2D eigenvalue weighted by Crippen LogP contribution is -2.24. The minimum Gasteiger partial charge on any atom is -0.456 e. The first-order valence-corrected chi connectivity index (χ1v) is 5.10. The van der Waals surface area contributed by atoms with Crippen LogP contribution in [0.2, 0.25) is 0 Å². The van der Waals surface area contributed by atoms with Gasteiger partial charge in [0.15, 0.2) is 11.4 Å². The van der Waals surface area contributed by atoms with E-state index in [2.05, 4.69) is 0 Å². The van der Waals surface area contributed by atoms with E-state index in [1.54, 1.807) is 25.3 Å². The van der Waals surface area contributed by atoms with Gasteiger partial charge in [0.25, 0.3) is 0 Å². The second kappa shape index (κ2) is 4.23. The molecule has 2 N–H and O–H groups in total. The molecule has 0 saturated carbocycles. The largest absolute Gasteiger partial charge is 0.456 e. The Kier molecular flexibility index (Phi) is 2.94. The molecule has 2 aromatic rings. The Morgan fingerprint density at radius 2 is 2.19 bits per heavy atom. The Labute approximate surface area is 93.0 Å². The van der Waals surface area contributed by atoms with Crippen molar-refractivity contribution >= 4 is 11.0 Å². The van der Waals surface area contributed by atoms with Gasteiger partial charge in [0.1, 0.15) is 5.76 Å². The van der Waals surface area contributed by atoms with Gasteiger partial charge in [-0.25, -0.2) is 4.39 Å². The highest BCUT2D eigenvalue weighted by Gasteiger charge is 2.19. The van der Waals surface area contributed by atoms with E-state index in [0.717, 1.165) is 0 Å². The Bertz CT molecular complexity index is 495. The number of nitrogens with two attached hydrogens (primary N) is 1. The minimum absolute atomic E-state index is 0.177. The zero-order chi connectivity index (χ0) is 11.7. The van der Waals surface area contributed by atoms with Gasteiger partial charge in [0.2, 0.25) is 0 Å². The molecule has 3 nitrogen and oxygen atoms in total. The Morgan fingerprint density at radius 3 is 2.81 bits per heavy atom. The zero-order valence-corrected chi connectivity index (χ0v) is 9.24. The number of furan rings is 1. The smallest absolute Gasteiger partial charge is 0.169 e. The lowest BCUT2D eigenvalue weighted by molar-refractivity contribution is 0.0894. The fraction of sp³-hybridized carbons (Fsp3) is 0.333. The van der Waals surface area contributed by atoms with Crippen molar-refractivity contribution < 1.29 is 13.5 Å². The van der Waals surface area contributed by atoms with Crippen LogP contribution in [0, 0.1) is 5.82 Å². The van der Waals surface area contributed by atoms with E-state index >= 15 is 0 Å². The van der Waals surface area contributed by atoms with Crippen LogP contribution in [0.4, 0.5) is 4.39 Å². The summed E-state index contributed by atoms with van der Waals surface area (Å²) < 4.78 is 23.9. The molecule has 1 heterocycles. The van der Waals surface area contributed by atoms with Gasteiger partial charge in [-0.1, -0.05) is 12.1 Å². The molecule has 1 aromatic heterocycles. The number of fused-ring (bicyclic) bond motifs is 1. The average Bonchev–Trinajstić information content (AvgIpc) is 2.72. The number of hydrogen-bond acceptors (Lipinski definition) is 3. The Morgan fingerprint density at radius 1 is 1.44 bits per heavy atom. The number of ether oxygens (including phenoxy) is 1. The molecule has 2 unspecified atom stereocenters. The van der Waals surface area contributed by atoms with Crippen LogP contribution in [0.15, 0.2) is 28.7 Å². The third-order valence-corrected chi connectivity index (χ3v) is 2.72. The summed E-state index contributed by atoms with van der Waals surface area (Å²) in [4.78, 5) is 0. The molecule has 0 aliphatic rings. The third-order valence-electron chi connectivity index (χ3n) is 2.72. The number of para-hydroxylation sites is 1. The minimum atomic E-state index is -0.392. The molecule has 86 valence electrons. The summed E-state index contributed by atoms with van der Waals surface area (Å²) in [5, 5.41) is 0.716. The van der Waals surface area contributed by atoms with Crippen molar-refractivity contribution in [2.24, 2.45) is 5.73 Å². The number of halogens is 1. The molecule has 0 bridgehead atoms. The van der Waals surface area contributed by atoms with Gasteiger partial charge in [-0.3, -0.25) is 0 Å². The van der Waals surface area contributed by atoms with Gasteiger partial charge < -0.3 is 14.9 Å². The van der Waals surface area contributed by atoms with Crippen molar-refractivity contribution in [2.75, 3.05) is 7.11 Å². The summed E-state index contributed by atoms with van der Waals surface area (Å²) in [6.45, 7) is 1.84. The van der Waals surface area contributed by atoms with Gasteiger partial charge in [-0.2, -0.15) is 0 Å². The molecular weight excluding hydrogens is 209 g/mol. The molecule has 0 aliphatic carbocycles. The Balaban J connectivity index is 2.43. The van der Waals surface area contributed by atoms with Crippen molar-refractivity contribution in [3.8, 4) is 0 Å². The van der Waals surface area contributed by atoms with E-state index in [9.17, 15) is 4.39 Å². The number of benzene rings is 1. The van der Waals surface area contributed by atoms with E-state index < -0.39 is 6.04 Å². The molecular formula is C12H14FNO2. The second-order valence-electron chi connectivity index (χ2n) is 3.77. The summed E-state index contributed by atoms with van der Waals surface area (Å²) in [5.41, 5.74) is 6.17. The summed E-state index contributed by atoms with van der Waals surface area (Å²) in [6.07, 6.45) is -0.177. The van der Waals surface area contributed by atoms with E-state index in [-0.39, 0.29) is 17.5 Å². The maximum absolute atomic E-state index is 13.4. The van der Waals surface area contributed by atoms with Crippen LogP contribution in [0.3, 0.4) is 0 Å².